The van der Waals surface area contributed by atoms with E-state index >= 15 is 0 Å². The Hall–Kier alpha value is -2.34. The average Bonchev–Trinajstić information content (AvgIpc) is 3.44. The van der Waals surface area contributed by atoms with E-state index in [4.69, 9.17) is 56.8 Å². The molecule has 6 aliphatic rings. The topological polar surface area (TPSA) is 574 Å². The first-order chi connectivity index (χ1) is 38.2. The molecule has 22 N–H and O–H groups in total. The van der Waals surface area contributed by atoms with Crippen LogP contribution in [0.15, 0.2) is 0 Å². The standard InChI is InChI=1S/C45H78N2O34/c1-11-22(57)28(63)33(68)43(72-11)77-35(14(4-48)46-12(2)53)36(15(55)5-49)78-40-21(47-13(3)54)27(62)37(19(8-52)75-40)79-45-39(81-42-31(66)23(58)16(56)9-70-42)38(80-44-34(69)30(65)25(60)18(7-51)74-44)26(61)20(76-45)10-71-41-32(67)29(64)24(59)17(6-50)73-41/h11,14-45,48-52,55-69H,4-10H2,1-3H3,(H,46,53)(H,47,54)/t11-,14-,15+,16+,17+,18+,19+,20+,21+,22+,23-,24+,25+,26+,27+,28+,29-,30-,31+,32-,33-,34-,35+,36+,37+,38-,39-,40-,41-,42-,43-,44+,45-/m0/s1. The van der Waals surface area contributed by atoms with Gasteiger partial charge in [-0.1, -0.05) is 0 Å². The number of amides is 2. The molecule has 33 atom stereocenters. The molecule has 81 heavy (non-hydrogen) atoms. The molecular formula is C45H78N2O34. The molecule has 6 heterocycles. The van der Waals surface area contributed by atoms with Crippen LogP contribution in [0.1, 0.15) is 20.8 Å². The fourth-order valence-electron chi connectivity index (χ4n) is 9.94. The Labute approximate surface area is 459 Å². The number of carbonyl (C=O) groups excluding carboxylic acids is 2. The van der Waals surface area contributed by atoms with E-state index in [0.29, 0.717) is 0 Å². The monoisotopic (exact) mass is 1190 g/mol. The zero-order valence-corrected chi connectivity index (χ0v) is 43.7. The lowest BCUT2D eigenvalue weighted by molar-refractivity contribution is -0.403. The van der Waals surface area contributed by atoms with Gasteiger partial charge in [0.25, 0.3) is 0 Å². The van der Waals surface area contributed by atoms with Gasteiger partial charge in [0, 0.05) is 13.8 Å². The highest BCUT2D eigenvalue weighted by Gasteiger charge is 2.58. The molecule has 472 valence electrons. The Balaban J connectivity index is 1.40. The Bertz CT molecular complexity index is 1940. The molecular weight excluding hydrogens is 1110 g/mol. The van der Waals surface area contributed by atoms with Crippen molar-refractivity contribution in [2.24, 2.45) is 0 Å². The zero-order valence-electron chi connectivity index (χ0n) is 43.7. The maximum Gasteiger partial charge on any atom is 0.217 e. The van der Waals surface area contributed by atoms with Gasteiger partial charge in [-0.25, -0.2) is 0 Å². The van der Waals surface area contributed by atoms with E-state index in [2.05, 4.69) is 10.6 Å². The Morgan fingerprint density at radius 1 is 0.481 bits per heavy atom. The number of aliphatic hydroxyl groups excluding tert-OH is 20. The summed E-state index contributed by atoms with van der Waals surface area (Å²) < 4.78 is 70.3. The lowest BCUT2D eigenvalue weighted by Gasteiger charge is -2.51. The molecule has 0 aliphatic carbocycles. The van der Waals surface area contributed by atoms with E-state index in [1.807, 2.05) is 0 Å². The predicted molar refractivity (Wildman–Crippen MR) is 250 cm³/mol. The molecule has 6 saturated heterocycles. The van der Waals surface area contributed by atoms with Gasteiger partial charge < -0.3 is 170 Å². The number of ether oxygens (including phenoxy) is 12. The van der Waals surface area contributed by atoms with Crippen molar-refractivity contribution < 1.29 is 169 Å². The van der Waals surface area contributed by atoms with Gasteiger partial charge in [-0.3, -0.25) is 9.59 Å². The van der Waals surface area contributed by atoms with Gasteiger partial charge in [0.2, 0.25) is 11.8 Å². The first kappa shape index (κ1) is 67.8. The van der Waals surface area contributed by atoms with Crippen LogP contribution in [-0.2, 0) is 66.4 Å². The molecule has 36 nitrogen and oxygen atoms in total. The maximum absolute atomic E-state index is 13.0. The first-order valence-electron chi connectivity index (χ1n) is 25.8. The Morgan fingerprint density at radius 2 is 0.988 bits per heavy atom. The van der Waals surface area contributed by atoms with Gasteiger partial charge in [0.05, 0.1) is 58.4 Å². The highest BCUT2D eigenvalue weighted by atomic mass is 16.8. The van der Waals surface area contributed by atoms with E-state index < -0.39 is 260 Å². The van der Waals surface area contributed by atoms with Crippen molar-refractivity contribution in [1.82, 2.24) is 10.6 Å². The van der Waals surface area contributed by atoms with Gasteiger partial charge in [-0.2, -0.15) is 0 Å². The van der Waals surface area contributed by atoms with Crippen LogP contribution in [0.5, 0.6) is 0 Å². The molecule has 0 bridgehead atoms. The van der Waals surface area contributed by atoms with Crippen molar-refractivity contribution in [3.8, 4) is 0 Å². The molecule has 0 spiro atoms. The molecule has 0 aromatic carbocycles. The fraction of sp³-hybridized carbons (Fsp3) is 0.956. The molecule has 0 saturated carbocycles. The molecule has 36 heteroatoms. The third kappa shape index (κ3) is 15.4. The number of nitrogens with one attached hydrogen (secondary N) is 2. The highest BCUT2D eigenvalue weighted by Crippen LogP contribution is 2.37. The summed E-state index contributed by atoms with van der Waals surface area (Å²) in [6.07, 6.45) is -61.6. The minimum Gasteiger partial charge on any atom is -0.394 e. The van der Waals surface area contributed by atoms with Crippen LogP contribution in [-0.4, -0.2) is 363 Å². The molecule has 6 rings (SSSR count). The highest BCUT2D eigenvalue weighted by molar-refractivity contribution is 5.73. The molecule has 0 aromatic heterocycles. The second-order valence-electron chi connectivity index (χ2n) is 20.4. The van der Waals surface area contributed by atoms with Gasteiger partial charge >= 0.3 is 0 Å². The van der Waals surface area contributed by atoms with Crippen LogP contribution in [0.25, 0.3) is 0 Å². The zero-order chi connectivity index (χ0) is 60.1. The van der Waals surface area contributed by atoms with Crippen molar-refractivity contribution in [3.05, 3.63) is 0 Å². The van der Waals surface area contributed by atoms with Crippen molar-refractivity contribution in [1.29, 1.82) is 0 Å². The van der Waals surface area contributed by atoms with Gasteiger partial charge in [-0.15, -0.1) is 0 Å². The third-order valence-corrected chi connectivity index (χ3v) is 14.6. The number of aliphatic hydroxyl groups is 20. The summed E-state index contributed by atoms with van der Waals surface area (Å²) in [5, 5.41) is 220. The van der Waals surface area contributed by atoms with E-state index in [1.54, 1.807) is 0 Å². The molecule has 0 aromatic rings. The fourth-order valence-corrected chi connectivity index (χ4v) is 9.94. The van der Waals surface area contributed by atoms with Crippen LogP contribution in [0.4, 0.5) is 0 Å². The summed E-state index contributed by atoms with van der Waals surface area (Å²) in [7, 11) is 0. The van der Waals surface area contributed by atoms with Crippen molar-refractivity contribution in [2.45, 2.75) is 223 Å². The second-order valence-corrected chi connectivity index (χ2v) is 20.4. The third-order valence-electron chi connectivity index (χ3n) is 14.6. The van der Waals surface area contributed by atoms with Gasteiger partial charge in [0.15, 0.2) is 37.7 Å². The SMILES string of the molecule is CC(=O)N[C@H]1[C@H](O[C@@H]([C@H](O[C@@H]2O[C@@H](C)[C@@H](O)[C@@H](O)[C@@H]2O)[C@H](CO)NC(C)=O)[C@H](O)CO)O[C@H](CO)[C@@H](O[C@@H]2O[C@H](CO[C@H]3O[C@H](CO)[C@@H](O)[C@H](O)[C@@H]3O)[C@@H](O)[C@H](O[C@H]3O[C@H](CO)[C@@H](O)[C@H](O)[C@@H]3O)[C@@H]2O[C@@H]2OC[C@@H](O)[C@H](O)[C@H]2O)[C@@H]1O. The Kier molecular flexibility index (Phi) is 25.0. The molecule has 6 fully saturated rings. The minimum atomic E-state index is -2.29. The van der Waals surface area contributed by atoms with Crippen LogP contribution in [0.3, 0.4) is 0 Å². The second kappa shape index (κ2) is 29.8. The molecule has 6 aliphatic heterocycles. The van der Waals surface area contributed by atoms with Gasteiger partial charge in [0.1, 0.15) is 153 Å². The normalized spacial score (nSPS) is 46.7. The summed E-state index contributed by atoms with van der Waals surface area (Å²) >= 11 is 0. The van der Waals surface area contributed by atoms with Gasteiger partial charge in [-0.05, 0) is 6.92 Å². The largest absolute Gasteiger partial charge is 0.394 e. The predicted octanol–water partition coefficient (Wildman–Crippen LogP) is -14.7. The smallest absolute Gasteiger partial charge is 0.217 e. The Morgan fingerprint density at radius 3 is 1.56 bits per heavy atom. The van der Waals surface area contributed by atoms with Crippen LogP contribution >= 0.6 is 0 Å². The lowest BCUT2D eigenvalue weighted by Crippen LogP contribution is -2.70. The molecule has 2 amide bonds. The number of hydrogen-bond donors (Lipinski definition) is 22. The van der Waals surface area contributed by atoms with Crippen molar-refractivity contribution in [2.75, 3.05) is 46.2 Å². The number of carbonyl (C=O) groups is 2. The maximum atomic E-state index is 13.0. The number of hydrogen-bond acceptors (Lipinski definition) is 34. The van der Waals surface area contributed by atoms with Crippen LogP contribution in [0.2, 0.25) is 0 Å². The quantitative estimate of drug-likeness (QED) is 0.0452. The van der Waals surface area contributed by atoms with E-state index in [0.717, 1.165) is 13.8 Å². The van der Waals surface area contributed by atoms with Crippen molar-refractivity contribution in [3.63, 3.8) is 0 Å². The first-order valence-corrected chi connectivity index (χ1v) is 25.8. The number of rotatable bonds is 23. The molecule has 0 radical (unpaired) electrons. The van der Waals surface area contributed by atoms with Crippen molar-refractivity contribution >= 4 is 11.8 Å². The average molecular weight is 1190 g/mol. The summed E-state index contributed by atoms with van der Waals surface area (Å²) in [6, 6.07) is -3.63. The van der Waals surface area contributed by atoms with E-state index in [-0.39, 0.29) is 0 Å². The van der Waals surface area contributed by atoms with E-state index in [1.165, 1.54) is 6.92 Å². The summed E-state index contributed by atoms with van der Waals surface area (Å²) in [4.78, 5) is 25.4. The summed E-state index contributed by atoms with van der Waals surface area (Å²) in [5.74, 6) is -1.77. The lowest BCUT2D eigenvalue weighted by atomic mass is 9.94. The van der Waals surface area contributed by atoms with E-state index in [9.17, 15) is 112 Å². The van der Waals surface area contributed by atoms with Crippen LogP contribution < -0.4 is 10.6 Å². The van der Waals surface area contributed by atoms with Crippen LogP contribution in [0, 0.1) is 0 Å². The molecule has 0 unspecified atom stereocenters. The minimum absolute atomic E-state index is 0.722. The summed E-state index contributed by atoms with van der Waals surface area (Å²) in [6.45, 7) is -3.82. The summed E-state index contributed by atoms with van der Waals surface area (Å²) in [5.41, 5.74) is 0.